The van der Waals surface area contributed by atoms with E-state index in [9.17, 15) is 9.59 Å². The predicted molar refractivity (Wildman–Crippen MR) is 127 cm³/mol. The van der Waals surface area contributed by atoms with E-state index in [4.69, 9.17) is 33.0 Å². The topological polar surface area (TPSA) is 99.7 Å². The molecule has 0 atom stereocenters. The van der Waals surface area contributed by atoms with Crippen LogP contribution in [0.4, 0.5) is 5.69 Å². The maximum atomic E-state index is 12.3. The van der Waals surface area contributed by atoms with Gasteiger partial charge in [0.25, 0.3) is 0 Å². The Bertz CT molecular complexity index is 947. The van der Waals surface area contributed by atoms with Crippen LogP contribution in [0, 0.1) is 0 Å². The van der Waals surface area contributed by atoms with Crippen LogP contribution in [0.1, 0.15) is 32.3 Å². The van der Waals surface area contributed by atoms with Crippen molar-refractivity contribution in [3.8, 4) is 5.75 Å². The molecule has 0 spiro atoms. The number of carbonyl (C=O) groups excluding carboxylic acids is 1. The molecule has 0 bridgehead atoms. The molecule has 9 heteroatoms. The van der Waals surface area contributed by atoms with E-state index >= 15 is 0 Å². The number of anilines is 1. The number of carbonyl (C=O) groups is 2. The third-order valence-corrected chi connectivity index (χ3v) is 4.66. The monoisotopic (exact) mass is 479 g/mol. The van der Waals surface area contributed by atoms with Gasteiger partial charge in [-0.3, -0.25) is 9.59 Å². The highest BCUT2D eigenvalue weighted by atomic mass is 35.5. The van der Waals surface area contributed by atoms with E-state index in [-0.39, 0.29) is 25.0 Å². The molecule has 0 saturated carbocycles. The highest BCUT2D eigenvalue weighted by molar-refractivity contribution is 6.32. The lowest BCUT2D eigenvalue weighted by molar-refractivity contribution is -0.137. The minimum Gasteiger partial charge on any atom is -0.489 e. The Balaban J connectivity index is 2.09. The number of nitrogens with one attached hydrogen (secondary N) is 3. The lowest BCUT2D eigenvalue weighted by atomic mass is 10.2. The molecule has 0 aliphatic carbocycles. The maximum absolute atomic E-state index is 12.3. The van der Waals surface area contributed by atoms with Gasteiger partial charge < -0.3 is 25.8 Å². The largest absolute Gasteiger partial charge is 0.489 e. The second kappa shape index (κ2) is 12.8. The van der Waals surface area contributed by atoms with Crippen molar-refractivity contribution >= 4 is 40.8 Å². The Morgan fingerprint density at radius 2 is 1.81 bits per heavy atom. The summed E-state index contributed by atoms with van der Waals surface area (Å²) in [6, 6.07) is 12.6. The number of hydrogen-bond acceptors (Lipinski definition) is 5. The number of ether oxygens (including phenoxy) is 1. The maximum Gasteiger partial charge on any atom is 0.303 e. The number of benzene rings is 2. The van der Waals surface area contributed by atoms with Crippen LogP contribution in [0.2, 0.25) is 10.0 Å². The van der Waals surface area contributed by atoms with Gasteiger partial charge in [-0.05, 0) is 56.2 Å². The lowest BCUT2D eigenvalue weighted by Gasteiger charge is -2.16. The summed E-state index contributed by atoms with van der Waals surface area (Å²) in [5, 5.41) is 18.8. The van der Waals surface area contributed by atoms with Crippen molar-refractivity contribution in [1.29, 1.82) is 0 Å². The average molecular weight is 480 g/mol. The summed E-state index contributed by atoms with van der Waals surface area (Å²) >= 11 is 12.2. The van der Waals surface area contributed by atoms with Crippen LogP contribution < -0.4 is 20.7 Å². The summed E-state index contributed by atoms with van der Waals surface area (Å²) in [4.78, 5) is 22.9. The SMILES string of the molecule is CC(C)Oc1ccc(N/C(=C/C(=O)NCCCC(=O)O)NCc2ccc(Cl)cc2)cc1Cl. The van der Waals surface area contributed by atoms with Crippen molar-refractivity contribution < 1.29 is 19.4 Å². The molecule has 4 N–H and O–H groups in total. The molecule has 2 aromatic rings. The minimum absolute atomic E-state index is 0.00673. The van der Waals surface area contributed by atoms with Crippen LogP contribution >= 0.6 is 23.2 Å². The molecule has 0 aliphatic rings. The first-order chi connectivity index (χ1) is 15.2. The van der Waals surface area contributed by atoms with Crippen LogP contribution in [0.15, 0.2) is 54.4 Å². The molecule has 7 nitrogen and oxygen atoms in total. The van der Waals surface area contributed by atoms with Crippen LogP contribution in [0.5, 0.6) is 5.75 Å². The summed E-state index contributed by atoms with van der Waals surface area (Å²) in [5.41, 5.74) is 1.64. The van der Waals surface area contributed by atoms with E-state index in [1.54, 1.807) is 30.3 Å². The fourth-order valence-corrected chi connectivity index (χ4v) is 3.00. The first kappa shape index (κ1) is 25.4. The Morgan fingerprint density at radius 1 is 1.09 bits per heavy atom. The van der Waals surface area contributed by atoms with Gasteiger partial charge in [0.15, 0.2) is 0 Å². The smallest absolute Gasteiger partial charge is 0.303 e. The quantitative estimate of drug-likeness (QED) is 0.257. The molecule has 0 saturated heterocycles. The molecular formula is C23H27Cl2N3O4. The van der Waals surface area contributed by atoms with Crippen LogP contribution in [0.25, 0.3) is 0 Å². The van der Waals surface area contributed by atoms with Crippen molar-refractivity contribution in [2.24, 2.45) is 0 Å². The summed E-state index contributed by atoms with van der Waals surface area (Å²) < 4.78 is 5.65. The molecule has 0 fully saturated rings. The Morgan fingerprint density at radius 3 is 2.44 bits per heavy atom. The van der Waals surface area contributed by atoms with Gasteiger partial charge in [0.2, 0.25) is 5.91 Å². The van der Waals surface area contributed by atoms with Gasteiger partial charge in [0.1, 0.15) is 11.6 Å². The first-order valence-corrected chi connectivity index (χ1v) is 10.9. The molecule has 0 aliphatic heterocycles. The molecule has 0 unspecified atom stereocenters. The first-order valence-electron chi connectivity index (χ1n) is 10.2. The Kier molecular flexibility index (Phi) is 10.2. The van der Waals surface area contributed by atoms with E-state index in [0.29, 0.717) is 40.3 Å². The summed E-state index contributed by atoms with van der Waals surface area (Å²) in [6.45, 7) is 4.54. The molecule has 172 valence electrons. The zero-order valence-corrected chi connectivity index (χ0v) is 19.5. The van der Waals surface area contributed by atoms with E-state index < -0.39 is 5.97 Å². The molecule has 1 amide bonds. The Labute approximate surface area is 197 Å². The van der Waals surface area contributed by atoms with Gasteiger partial charge in [-0.1, -0.05) is 35.3 Å². The summed E-state index contributed by atoms with van der Waals surface area (Å²) in [5.74, 6) is -0.233. The lowest BCUT2D eigenvalue weighted by Crippen LogP contribution is -2.27. The molecule has 0 radical (unpaired) electrons. The number of carboxylic acids is 1. The number of amides is 1. The fraction of sp³-hybridized carbons (Fsp3) is 0.304. The average Bonchev–Trinajstić information content (AvgIpc) is 2.72. The highest BCUT2D eigenvalue weighted by Gasteiger charge is 2.08. The van der Waals surface area contributed by atoms with E-state index in [0.717, 1.165) is 5.56 Å². The van der Waals surface area contributed by atoms with Gasteiger partial charge in [-0.25, -0.2) is 0 Å². The van der Waals surface area contributed by atoms with Crippen molar-refractivity contribution in [1.82, 2.24) is 10.6 Å². The van der Waals surface area contributed by atoms with Crippen LogP contribution in [-0.2, 0) is 16.1 Å². The summed E-state index contributed by atoms with van der Waals surface area (Å²) in [6.07, 6.45) is 1.71. The third-order valence-electron chi connectivity index (χ3n) is 4.11. The second-order valence-corrected chi connectivity index (χ2v) is 8.11. The molecule has 32 heavy (non-hydrogen) atoms. The van der Waals surface area contributed by atoms with Gasteiger partial charge in [0.05, 0.1) is 11.1 Å². The van der Waals surface area contributed by atoms with Gasteiger partial charge in [-0.15, -0.1) is 0 Å². The van der Waals surface area contributed by atoms with Crippen molar-refractivity contribution in [3.05, 3.63) is 70.0 Å². The predicted octanol–water partition coefficient (Wildman–Crippen LogP) is 4.80. The number of rotatable bonds is 12. The van der Waals surface area contributed by atoms with Gasteiger partial charge >= 0.3 is 5.97 Å². The van der Waals surface area contributed by atoms with Gasteiger partial charge in [0, 0.05) is 36.3 Å². The van der Waals surface area contributed by atoms with Gasteiger partial charge in [-0.2, -0.15) is 0 Å². The zero-order valence-electron chi connectivity index (χ0n) is 18.0. The molecular weight excluding hydrogens is 453 g/mol. The normalized spacial score (nSPS) is 11.2. The van der Waals surface area contributed by atoms with Crippen LogP contribution in [0.3, 0.4) is 0 Å². The molecule has 2 rings (SSSR count). The molecule has 2 aromatic carbocycles. The summed E-state index contributed by atoms with van der Waals surface area (Å²) in [7, 11) is 0. The number of aliphatic carboxylic acids is 1. The van der Waals surface area contributed by atoms with Crippen molar-refractivity contribution in [2.45, 2.75) is 39.3 Å². The van der Waals surface area contributed by atoms with E-state index in [1.807, 2.05) is 26.0 Å². The van der Waals surface area contributed by atoms with Crippen molar-refractivity contribution in [3.63, 3.8) is 0 Å². The zero-order chi connectivity index (χ0) is 23.5. The third kappa shape index (κ3) is 9.49. The standard InChI is InChI=1S/C23H27Cl2N3O4/c1-15(2)32-20-10-9-18(12-19(20)25)28-21(13-22(29)26-11-3-4-23(30)31)27-14-16-5-7-17(24)8-6-16/h5-10,12-13,15,27-28H,3-4,11,14H2,1-2H3,(H,26,29)(H,30,31)/b21-13+. The number of halogens is 2. The fourth-order valence-electron chi connectivity index (χ4n) is 2.65. The number of hydrogen-bond donors (Lipinski definition) is 4. The van der Waals surface area contributed by atoms with Crippen LogP contribution in [-0.4, -0.2) is 29.6 Å². The van der Waals surface area contributed by atoms with E-state index in [2.05, 4.69) is 16.0 Å². The second-order valence-electron chi connectivity index (χ2n) is 7.26. The minimum atomic E-state index is -0.899. The van der Waals surface area contributed by atoms with E-state index in [1.165, 1.54) is 6.08 Å². The molecule has 0 aromatic heterocycles. The number of carboxylic acid groups (broad SMARTS) is 1. The highest BCUT2D eigenvalue weighted by Crippen LogP contribution is 2.29. The molecule has 0 heterocycles. The van der Waals surface area contributed by atoms with Crippen molar-refractivity contribution in [2.75, 3.05) is 11.9 Å². The Hall–Kier alpha value is -2.90.